The molecule has 1 aliphatic carbocycles. The third kappa shape index (κ3) is 5.22. The van der Waals surface area contributed by atoms with Gasteiger partial charge in [-0.1, -0.05) is 159 Å². The van der Waals surface area contributed by atoms with Crippen LogP contribution in [0.25, 0.3) is 88.4 Å². The minimum absolute atomic E-state index is 0.144. The largest absolute Gasteiger partial charge is 0.456 e. The fraction of sp³-hybridized carbons (Fsp3) is 0.0526. The molecule has 12 rings (SSSR count). The fourth-order valence-corrected chi connectivity index (χ4v) is 9.77. The van der Waals surface area contributed by atoms with E-state index in [1.165, 1.54) is 33.4 Å². The molecule has 0 spiro atoms. The summed E-state index contributed by atoms with van der Waals surface area (Å²) >= 11 is 0. The standard InChI is InChI=1S/C57H39NO2/c1-57(2)48-22-12-9-20-43(48)44-31-27-39(33-49(44)57)54-55-46-21-11-14-24-51(46)59-53(55)35-47-45-32-30-41(34-52(45)60-56(47)54)58(40-28-25-37(26-29-40)36-15-5-3-6-16-36)50-23-13-10-19-42(50)38-17-7-4-8-18-38/h3-35H,1-2H3. The maximum Gasteiger partial charge on any atom is 0.144 e. The van der Waals surface area contributed by atoms with Crippen molar-refractivity contribution in [2.45, 2.75) is 19.3 Å². The van der Waals surface area contributed by atoms with E-state index < -0.39 is 0 Å². The lowest BCUT2D eigenvalue weighted by Gasteiger charge is -2.28. The van der Waals surface area contributed by atoms with Crippen LogP contribution in [0.15, 0.2) is 209 Å². The summed E-state index contributed by atoms with van der Waals surface area (Å²) in [6.07, 6.45) is 0. The highest BCUT2D eigenvalue weighted by Crippen LogP contribution is 2.52. The van der Waals surface area contributed by atoms with Crippen LogP contribution in [-0.2, 0) is 5.41 Å². The molecule has 11 aromatic rings. The molecule has 2 heterocycles. The SMILES string of the molecule is CC1(C)c2ccccc2-c2ccc(-c3c4oc5cc(N(c6ccc(-c7ccccc7)cc6)c6ccccc6-c6ccccc6)ccc5c4cc4oc5ccccc5c34)cc21. The van der Waals surface area contributed by atoms with Crippen LogP contribution in [0.2, 0.25) is 0 Å². The molecule has 1 aliphatic rings. The molecule has 0 saturated carbocycles. The number of hydrogen-bond donors (Lipinski definition) is 0. The molecule has 0 aliphatic heterocycles. The Morgan fingerprint density at radius 1 is 0.383 bits per heavy atom. The van der Waals surface area contributed by atoms with Crippen molar-refractivity contribution in [3.8, 4) is 44.5 Å². The molecule has 0 unspecified atom stereocenters. The lowest BCUT2D eigenvalue weighted by Crippen LogP contribution is -2.14. The number of nitrogens with zero attached hydrogens (tertiary/aromatic N) is 1. The van der Waals surface area contributed by atoms with E-state index in [1.54, 1.807) is 0 Å². The number of hydrogen-bond acceptors (Lipinski definition) is 3. The molecule has 284 valence electrons. The van der Waals surface area contributed by atoms with Gasteiger partial charge in [0.25, 0.3) is 0 Å². The molecule has 0 atom stereocenters. The predicted molar refractivity (Wildman–Crippen MR) is 250 cm³/mol. The molecule has 9 aromatic carbocycles. The molecule has 0 saturated heterocycles. The van der Waals surface area contributed by atoms with Crippen LogP contribution in [0, 0.1) is 0 Å². The van der Waals surface area contributed by atoms with Gasteiger partial charge in [0, 0.05) is 55.5 Å². The van der Waals surface area contributed by atoms with Crippen molar-refractivity contribution >= 4 is 60.9 Å². The predicted octanol–water partition coefficient (Wildman–Crippen LogP) is 16.3. The zero-order valence-electron chi connectivity index (χ0n) is 33.3. The third-order valence-corrected chi connectivity index (χ3v) is 12.7. The Balaban J connectivity index is 1.08. The van der Waals surface area contributed by atoms with E-state index in [0.717, 1.165) is 83.2 Å². The number of fused-ring (bicyclic) bond motifs is 9. The van der Waals surface area contributed by atoms with Gasteiger partial charge in [0.05, 0.1) is 5.69 Å². The molecule has 0 N–H and O–H groups in total. The minimum Gasteiger partial charge on any atom is -0.456 e. The van der Waals surface area contributed by atoms with Gasteiger partial charge in [0.1, 0.15) is 22.3 Å². The first-order valence-corrected chi connectivity index (χ1v) is 20.7. The Labute approximate surface area is 348 Å². The molecule has 3 heteroatoms. The Kier molecular flexibility index (Phi) is 7.58. The summed E-state index contributed by atoms with van der Waals surface area (Å²) < 4.78 is 13.8. The summed E-state index contributed by atoms with van der Waals surface area (Å²) in [6, 6.07) is 71.6. The van der Waals surface area contributed by atoms with Gasteiger partial charge in [0.2, 0.25) is 0 Å². The first-order valence-electron chi connectivity index (χ1n) is 20.7. The van der Waals surface area contributed by atoms with E-state index in [1.807, 2.05) is 6.07 Å². The van der Waals surface area contributed by atoms with Crippen molar-refractivity contribution in [1.82, 2.24) is 0 Å². The monoisotopic (exact) mass is 769 g/mol. The van der Waals surface area contributed by atoms with Crippen molar-refractivity contribution in [2.24, 2.45) is 0 Å². The molecule has 0 fully saturated rings. The van der Waals surface area contributed by atoms with Crippen LogP contribution in [0.3, 0.4) is 0 Å². The quantitative estimate of drug-likeness (QED) is 0.169. The highest BCUT2D eigenvalue weighted by atomic mass is 16.3. The molecule has 0 radical (unpaired) electrons. The molecule has 3 nitrogen and oxygen atoms in total. The average Bonchev–Trinajstić information content (AvgIpc) is 3.93. The summed E-state index contributed by atoms with van der Waals surface area (Å²) in [5.41, 5.74) is 18.5. The minimum atomic E-state index is -0.144. The summed E-state index contributed by atoms with van der Waals surface area (Å²) in [4.78, 5) is 2.35. The van der Waals surface area contributed by atoms with Gasteiger partial charge in [0.15, 0.2) is 0 Å². The lowest BCUT2D eigenvalue weighted by molar-refractivity contribution is 0.660. The van der Waals surface area contributed by atoms with Gasteiger partial charge in [-0.05, 0) is 93.0 Å². The number of para-hydroxylation sites is 2. The average molecular weight is 770 g/mol. The van der Waals surface area contributed by atoms with E-state index in [2.05, 4.69) is 213 Å². The van der Waals surface area contributed by atoms with Gasteiger partial charge >= 0.3 is 0 Å². The topological polar surface area (TPSA) is 29.5 Å². The van der Waals surface area contributed by atoms with Crippen molar-refractivity contribution < 1.29 is 8.83 Å². The van der Waals surface area contributed by atoms with Crippen molar-refractivity contribution in [3.63, 3.8) is 0 Å². The van der Waals surface area contributed by atoms with Crippen LogP contribution in [0.5, 0.6) is 0 Å². The van der Waals surface area contributed by atoms with E-state index in [-0.39, 0.29) is 5.41 Å². The van der Waals surface area contributed by atoms with Gasteiger partial charge in [-0.2, -0.15) is 0 Å². The Morgan fingerprint density at radius 3 is 1.83 bits per heavy atom. The van der Waals surface area contributed by atoms with Crippen molar-refractivity contribution in [3.05, 3.63) is 211 Å². The highest BCUT2D eigenvalue weighted by Gasteiger charge is 2.36. The number of furan rings is 2. The lowest BCUT2D eigenvalue weighted by atomic mass is 9.81. The molecule has 0 bridgehead atoms. The maximum absolute atomic E-state index is 7.18. The summed E-state index contributed by atoms with van der Waals surface area (Å²) in [5, 5.41) is 4.23. The third-order valence-electron chi connectivity index (χ3n) is 12.7. The van der Waals surface area contributed by atoms with Crippen LogP contribution in [-0.4, -0.2) is 0 Å². The highest BCUT2D eigenvalue weighted by molar-refractivity contribution is 6.23. The second-order valence-corrected chi connectivity index (χ2v) is 16.4. The van der Waals surface area contributed by atoms with Crippen molar-refractivity contribution in [2.75, 3.05) is 4.90 Å². The zero-order chi connectivity index (χ0) is 40.0. The van der Waals surface area contributed by atoms with Gasteiger partial charge in [-0.15, -0.1) is 0 Å². The van der Waals surface area contributed by atoms with Crippen LogP contribution < -0.4 is 4.90 Å². The molecule has 0 amide bonds. The Bertz CT molecular complexity index is 3450. The molecular formula is C57H39NO2. The molecule has 60 heavy (non-hydrogen) atoms. The summed E-state index contributed by atoms with van der Waals surface area (Å²) in [5.74, 6) is 0. The number of benzene rings is 9. The summed E-state index contributed by atoms with van der Waals surface area (Å²) in [6.45, 7) is 4.68. The molecule has 2 aromatic heterocycles. The first kappa shape index (κ1) is 34.4. The molecular weight excluding hydrogens is 731 g/mol. The number of rotatable bonds is 6. The fourth-order valence-electron chi connectivity index (χ4n) is 9.77. The second-order valence-electron chi connectivity index (χ2n) is 16.4. The maximum atomic E-state index is 7.18. The van der Waals surface area contributed by atoms with E-state index >= 15 is 0 Å². The Morgan fingerprint density at radius 2 is 1.02 bits per heavy atom. The normalized spacial score (nSPS) is 13.0. The van der Waals surface area contributed by atoms with Crippen LogP contribution in [0.1, 0.15) is 25.0 Å². The first-order chi connectivity index (χ1) is 29.5. The van der Waals surface area contributed by atoms with E-state index in [0.29, 0.717) is 0 Å². The van der Waals surface area contributed by atoms with Crippen LogP contribution >= 0.6 is 0 Å². The summed E-state index contributed by atoms with van der Waals surface area (Å²) in [7, 11) is 0. The van der Waals surface area contributed by atoms with Gasteiger partial charge in [-0.3, -0.25) is 0 Å². The van der Waals surface area contributed by atoms with Gasteiger partial charge in [-0.25, -0.2) is 0 Å². The van der Waals surface area contributed by atoms with E-state index in [4.69, 9.17) is 8.83 Å². The Hall–Kier alpha value is -7.62. The van der Waals surface area contributed by atoms with Crippen LogP contribution in [0.4, 0.5) is 17.1 Å². The van der Waals surface area contributed by atoms with E-state index in [9.17, 15) is 0 Å². The van der Waals surface area contributed by atoms with Crippen molar-refractivity contribution in [1.29, 1.82) is 0 Å². The van der Waals surface area contributed by atoms with Gasteiger partial charge < -0.3 is 13.7 Å². The second kappa shape index (κ2) is 13.2. The smallest absolute Gasteiger partial charge is 0.144 e. The zero-order valence-corrected chi connectivity index (χ0v) is 33.3. The number of anilines is 3.